The molecule has 0 atom stereocenters. The summed E-state index contributed by atoms with van der Waals surface area (Å²) in [4.78, 5) is 11.7. The Balaban J connectivity index is 2.84. The summed E-state index contributed by atoms with van der Waals surface area (Å²) in [6.07, 6.45) is -4.47. The average Bonchev–Trinajstić information content (AvgIpc) is 2.23. The van der Waals surface area contributed by atoms with Crippen molar-refractivity contribution in [3.05, 3.63) is 23.2 Å². The van der Waals surface area contributed by atoms with Crippen molar-refractivity contribution in [2.45, 2.75) is 32.5 Å². The van der Waals surface area contributed by atoms with E-state index in [0.717, 1.165) is 0 Å². The van der Waals surface area contributed by atoms with Crippen LogP contribution in [0.25, 0.3) is 0 Å². The standard InChI is InChI=1S/C13H16ClF3N2O2/c1-12(2,3)19-11(20)18-9-6-8(14)4-5-10(9)21-7-13(15,16)17/h4-6H,7H2,1-3H3,(H2,18,19,20). The van der Waals surface area contributed by atoms with Crippen molar-refractivity contribution in [1.29, 1.82) is 0 Å². The lowest BCUT2D eigenvalue weighted by Gasteiger charge is -2.21. The van der Waals surface area contributed by atoms with E-state index in [1.807, 2.05) is 0 Å². The summed E-state index contributed by atoms with van der Waals surface area (Å²) >= 11 is 5.77. The number of urea groups is 1. The zero-order valence-electron chi connectivity index (χ0n) is 11.8. The molecule has 0 aromatic heterocycles. The molecule has 2 amide bonds. The number of anilines is 1. The van der Waals surface area contributed by atoms with E-state index in [1.54, 1.807) is 20.8 Å². The first-order chi connectivity index (χ1) is 9.46. The Labute approximate surface area is 125 Å². The second-order valence-electron chi connectivity index (χ2n) is 5.37. The molecular formula is C13H16ClF3N2O2. The highest BCUT2D eigenvalue weighted by Crippen LogP contribution is 2.29. The van der Waals surface area contributed by atoms with Crippen LogP contribution in [0, 0.1) is 0 Å². The SMILES string of the molecule is CC(C)(C)NC(=O)Nc1cc(Cl)ccc1OCC(F)(F)F. The minimum absolute atomic E-state index is 0.0634. The molecule has 21 heavy (non-hydrogen) atoms. The van der Waals surface area contributed by atoms with Gasteiger partial charge in [0.1, 0.15) is 5.75 Å². The second kappa shape index (κ2) is 6.43. The van der Waals surface area contributed by atoms with Crippen molar-refractivity contribution < 1.29 is 22.7 Å². The normalized spacial score (nSPS) is 12.0. The molecule has 0 spiro atoms. The summed E-state index contributed by atoms with van der Waals surface area (Å²) in [5.41, 5.74) is -0.427. The van der Waals surface area contributed by atoms with E-state index in [0.29, 0.717) is 0 Å². The van der Waals surface area contributed by atoms with Crippen molar-refractivity contribution in [3.8, 4) is 5.75 Å². The van der Waals surface area contributed by atoms with Gasteiger partial charge in [-0.05, 0) is 39.0 Å². The highest BCUT2D eigenvalue weighted by Gasteiger charge is 2.29. The third kappa shape index (κ3) is 7.08. The summed E-state index contributed by atoms with van der Waals surface area (Å²) < 4.78 is 41.2. The Morgan fingerprint density at radius 2 is 1.90 bits per heavy atom. The minimum Gasteiger partial charge on any atom is -0.482 e. The number of alkyl halides is 3. The largest absolute Gasteiger partial charge is 0.482 e. The first-order valence-corrected chi connectivity index (χ1v) is 6.42. The fourth-order valence-electron chi connectivity index (χ4n) is 1.38. The Hall–Kier alpha value is -1.63. The predicted molar refractivity (Wildman–Crippen MR) is 74.9 cm³/mol. The molecular weight excluding hydrogens is 309 g/mol. The molecule has 1 aromatic carbocycles. The molecule has 0 fully saturated rings. The van der Waals surface area contributed by atoms with Gasteiger partial charge in [-0.3, -0.25) is 0 Å². The molecule has 2 N–H and O–H groups in total. The maximum absolute atomic E-state index is 12.2. The number of hydrogen-bond donors (Lipinski definition) is 2. The van der Waals surface area contributed by atoms with E-state index in [9.17, 15) is 18.0 Å². The van der Waals surface area contributed by atoms with Crippen LogP contribution < -0.4 is 15.4 Å². The molecule has 8 heteroatoms. The third-order valence-corrected chi connectivity index (χ3v) is 2.30. The molecule has 1 rings (SSSR count). The number of amides is 2. The van der Waals surface area contributed by atoms with Crippen LogP contribution in [-0.4, -0.2) is 24.4 Å². The van der Waals surface area contributed by atoms with E-state index >= 15 is 0 Å². The van der Waals surface area contributed by atoms with Crippen LogP contribution in [0.5, 0.6) is 5.75 Å². The first-order valence-electron chi connectivity index (χ1n) is 6.04. The number of benzene rings is 1. The molecule has 0 heterocycles. The van der Waals surface area contributed by atoms with Crippen LogP contribution >= 0.6 is 11.6 Å². The van der Waals surface area contributed by atoms with Crippen LogP contribution in [0.4, 0.5) is 23.7 Å². The lowest BCUT2D eigenvalue weighted by molar-refractivity contribution is -0.153. The number of rotatable bonds is 3. The number of carbonyl (C=O) groups excluding carboxylic acids is 1. The van der Waals surface area contributed by atoms with Gasteiger partial charge < -0.3 is 15.4 Å². The lowest BCUT2D eigenvalue weighted by atomic mass is 10.1. The van der Waals surface area contributed by atoms with Crippen molar-refractivity contribution in [3.63, 3.8) is 0 Å². The van der Waals surface area contributed by atoms with Gasteiger partial charge in [0.2, 0.25) is 0 Å². The third-order valence-electron chi connectivity index (χ3n) is 2.07. The fraction of sp³-hybridized carbons (Fsp3) is 0.462. The van der Waals surface area contributed by atoms with Gasteiger partial charge in [0, 0.05) is 10.6 Å². The van der Waals surface area contributed by atoms with E-state index in [1.165, 1.54) is 18.2 Å². The lowest BCUT2D eigenvalue weighted by Crippen LogP contribution is -2.43. The van der Waals surface area contributed by atoms with Gasteiger partial charge in [0.05, 0.1) is 5.69 Å². The molecule has 0 aliphatic rings. The molecule has 0 saturated heterocycles. The Kier molecular flexibility index (Phi) is 5.33. The highest BCUT2D eigenvalue weighted by molar-refractivity contribution is 6.31. The minimum atomic E-state index is -4.47. The average molecular weight is 325 g/mol. The molecule has 1 aromatic rings. The fourth-order valence-corrected chi connectivity index (χ4v) is 1.55. The second-order valence-corrected chi connectivity index (χ2v) is 5.81. The van der Waals surface area contributed by atoms with Crippen LogP contribution in [0.2, 0.25) is 5.02 Å². The van der Waals surface area contributed by atoms with Crippen LogP contribution in [0.1, 0.15) is 20.8 Å². The number of halogens is 4. The first kappa shape index (κ1) is 17.4. The van der Waals surface area contributed by atoms with Crippen molar-refractivity contribution >= 4 is 23.3 Å². The van der Waals surface area contributed by atoms with Crippen LogP contribution in [-0.2, 0) is 0 Å². The molecule has 4 nitrogen and oxygen atoms in total. The highest BCUT2D eigenvalue weighted by atomic mass is 35.5. The van der Waals surface area contributed by atoms with Crippen LogP contribution in [0.15, 0.2) is 18.2 Å². The molecule has 0 aliphatic carbocycles. The van der Waals surface area contributed by atoms with E-state index in [-0.39, 0.29) is 16.5 Å². The Morgan fingerprint density at radius 3 is 2.43 bits per heavy atom. The summed E-state index contributed by atoms with van der Waals surface area (Å²) in [7, 11) is 0. The zero-order valence-corrected chi connectivity index (χ0v) is 12.5. The smallest absolute Gasteiger partial charge is 0.422 e. The van der Waals surface area contributed by atoms with E-state index in [2.05, 4.69) is 15.4 Å². The number of nitrogens with one attached hydrogen (secondary N) is 2. The van der Waals surface area contributed by atoms with Gasteiger partial charge in [-0.1, -0.05) is 11.6 Å². The topological polar surface area (TPSA) is 50.4 Å². The van der Waals surface area contributed by atoms with Gasteiger partial charge in [-0.25, -0.2) is 4.79 Å². The summed E-state index contributed by atoms with van der Waals surface area (Å²) in [5, 5.41) is 5.30. The van der Waals surface area contributed by atoms with Crippen molar-refractivity contribution in [2.75, 3.05) is 11.9 Å². The zero-order chi connectivity index (χ0) is 16.3. The summed E-state index contributed by atoms with van der Waals surface area (Å²) in [5.74, 6) is -0.110. The number of hydrogen-bond acceptors (Lipinski definition) is 2. The van der Waals surface area contributed by atoms with Gasteiger partial charge in [-0.15, -0.1) is 0 Å². The quantitative estimate of drug-likeness (QED) is 0.875. The molecule has 118 valence electrons. The molecule has 0 bridgehead atoms. The Bertz CT molecular complexity index is 513. The number of ether oxygens (including phenoxy) is 1. The van der Waals surface area contributed by atoms with Gasteiger partial charge >= 0.3 is 12.2 Å². The van der Waals surface area contributed by atoms with Crippen molar-refractivity contribution in [1.82, 2.24) is 5.32 Å². The number of carbonyl (C=O) groups is 1. The van der Waals surface area contributed by atoms with Gasteiger partial charge in [0.25, 0.3) is 0 Å². The van der Waals surface area contributed by atoms with Crippen molar-refractivity contribution in [2.24, 2.45) is 0 Å². The van der Waals surface area contributed by atoms with E-state index < -0.39 is 24.4 Å². The molecule has 0 saturated carbocycles. The van der Waals surface area contributed by atoms with Gasteiger partial charge in [0.15, 0.2) is 6.61 Å². The summed E-state index contributed by atoms with van der Waals surface area (Å²) in [6, 6.07) is 3.39. The Morgan fingerprint density at radius 1 is 1.29 bits per heavy atom. The maximum atomic E-state index is 12.2. The van der Waals surface area contributed by atoms with E-state index in [4.69, 9.17) is 11.6 Å². The van der Waals surface area contributed by atoms with Crippen LogP contribution in [0.3, 0.4) is 0 Å². The van der Waals surface area contributed by atoms with Gasteiger partial charge in [-0.2, -0.15) is 13.2 Å². The monoisotopic (exact) mass is 324 g/mol. The molecule has 0 radical (unpaired) electrons. The summed E-state index contributed by atoms with van der Waals surface area (Å²) in [6.45, 7) is 3.85. The maximum Gasteiger partial charge on any atom is 0.422 e. The molecule has 0 aliphatic heterocycles. The predicted octanol–water partition coefficient (Wildman–Crippen LogP) is 4.20. The molecule has 0 unspecified atom stereocenters.